The predicted octanol–water partition coefficient (Wildman–Crippen LogP) is 3.82. The molecule has 0 spiro atoms. The van der Waals surface area contributed by atoms with E-state index in [1.807, 2.05) is 42.2 Å². The van der Waals surface area contributed by atoms with Gasteiger partial charge in [0, 0.05) is 37.9 Å². The molecular weight excluding hydrogens is 381 g/mol. The number of carbonyl (C=O) groups is 1. The molecule has 148 valence electrons. The van der Waals surface area contributed by atoms with Crippen LogP contribution in [0.25, 0.3) is 0 Å². The van der Waals surface area contributed by atoms with Gasteiger partial charge in [-0.1, -0.05) is 55.5 Å². The van der Waals surface area contributed by atoms with Gasteiger partial charge in [0.25, 0.3) is 0 Å². The Bertz CT molecular complexity index is 718. The molecule has 1 aliphatic rings. The molecule has 0 saturated carbocycles. The van der Waals surface area contributed by atoms with Crippen molar-refractivity contribution in [3.63, 3.8) is 0 Å². The van der Waals surface area contributed by atoms with E-state index in [0.29, 0.717) is 0 Å². The fourth-order valence-electron chi connectivity index (χ4n) is 3.49. The average Bonchev–Trinajstić information content (AvgIpc) is 2.67. The van der Waals surface area contributed by atoms with Crippen molar-refractivity contribution in [2.75, 3.05) is 31.1 Å². The molecule has 4 nitrogen and oxygen atoms in total. The highest BCUT2D eigenvalue weighted by atomic mass is 35.5. The molecule has 27 heavy (non-hydrogen) atoms. The molecule has 1 amide bonds. The molecule has 0 aliphatic carbocycles. The number of piperazine rings is 1. The van der Waals surface area contributed by atoms with E-state index in [4.69, 9.17) is 5.73 Å². The van der Waals surface area contributed by atoms with Gasteiger partial charge in [-0.25, -0.2) is 0 Å². The Morgan fingerprint density at radius 2 is 1.48 bits per heavy atom. The summed E-state index contributed by atoms with van der Waals surface area (Å²) in [6.45, 7) is 7.30. The first-order valence-electron chi connectivity index (χ1n) is 8.98. The Morgan fingerprint density at radius 3 is 2.07 bits per heavy atom. The highest BCUT2D eigenvalue weighted by molar-refractivity contribution is 5.85. The third kappa shape index (κ3) is 5.38. The summed E-state index contributed by atoms with van der Waals surface area (Å²) in [7, 11) is 0. The minimum absolute atomic E-state index is 0. The maximum absolute atomic E-state index is 12.9. The van der Waals surface area contributed by atoms with E-state index in [9.17, 15) is 4.79 Å². The Morgan fingerprint density at radius 1 is 0.926 bits per heavy atom. The minimum atomic E-state index is -0.261. The molecular formula is C21H29Cl2N3O. The van der Waals surface area contributed by atoms with Crippen molar-refractivity contribution in [1.29, 1.82) is 0 Å². The van der Waals surface area contributed by atoms with Crippen LogP contribution in [-0.4, -0.2) is 37.0 Å². The molecule has 0 aromatic heterocycles. The number of hydrogen-bond donors (Lipinski definition) is 1. The van der Waals surface area contributed by atoms with Crippen LogP contribution in [0.3, 0.4) is 0 Å². The summed E-state index contributed by atoms with van der Waals surface area (Å²) in [4.78, 5) is 17.2. The van der Waals surface area contributed by atoms with E-state index in [-0.39, 0.29) is 42.7 Å². The quantitative estimate of drug-likeness (QED) is 0.834. The summed E-state index contributed by atoms with van der Waals surface area (Å²) in [5, 5.41) is 0. The lowest BCUT2D eigenvalue weighted by Crippen LogP contribution is -2.51. The van der Waals surface area contributed by atoms with Crippen LogP contribution >= 0.6 is 24.8 Å². The number of nitrogens with two attached hydrogens (primary N) is 1. The van der Waals surface area contributed by atoms with Crippen LogP contribution in [0.2, 0.25) is 0 Å². The van der Waals surface area contributed by atoms with Gasteiger partial charge in [-0.15, -0.1) is 24.8 Å². The first-order valence-corrected chi connectivity index (χ1v) is 8.98. The Labute approximate surface area is 174 Å². The van der Waals surface area contributed by atoms with Gasteiger partial charge in [0.1, 0.15) is 0 Å². The zero-order valence-corrected chi connectivity index (χ0v) is 17.5. The lowest BCUT2D eigenvalue weighted by Gasteiger charge is -2.38. The van der Waals surface area contributed by atoms with E-state index in [2.05, 4.69) is 36.1 Å². The van der Waals surface area contributed by atoms with Crippen molar-refractivity contribution < 1.29 is 4.79 Å². The lowest BCUT2D eigenvalue weighted by molar-refractivity contribution is -0.136. The number of halogens is 2. The highest BCUT2D eigenvalue weighted by Gasteiger charge is 2.29. The van der Waals surface area contributed by atoms with Crippen LogP contribution < -0.4 is 10.6 Å². The van der Waals surface area contributed by atoms with Crippen molar-refractivity contribution in [3.8, 4) is 0 Å². The van der Waals surface area contributed by atoms with Crippen LogP contribution in [-0.2, 0) is 4.79 Å². The molecule has 0 radical (unpaired) electrons. The van der Waals surface area contributed by atoms with Crippen LogP contribution in [0.15, 0.2) is 54.6 Å². The van der Waals surface area contributed by atoms with Crippen molar-refractivity contribution in [2.45, 2.75) is 19.9 Å². The largest absolute Gasteiger partial charge is 0.368 e. The van der Waals surface area contributed by atoms with Gasteiger partial charge >= 0.3 is 0 Å². The summed E-state index contributed by atoms with van der Waals surface area (Å²) in [5.74, 6) is -0.0619. The SMILES string of the molecule is Cc1ccccc1N1CCN(C(=O)C(C)C(N)c2ccccc2)CC1.Cl.Cl. The number of aryl methyl sites for hydroxylation is 1. The van der Waals surface area contributed by atoms with E-state index < -0.39 is 0 Å². The number of carbonyl (C=O) groups excluding carboxylic acids is 1. The van der Waals surface area contributed by atoms with Gasteiger partial charge in [-0.05, 0) is 24.1 Å². The average molecular weight is 410 g/mol. The first kappa shape index (κ1) is 23.3. The summed E-state index contributed by atoms with van der Waals surface area (Å²) in [6, 6.07) is 18.0. The fraction of sp³-hybridized carbons (Fsp3) is 0.381. The topological polar surface area (TPSA) is 49.6 Å². The van der Waals surface area contributed by atoms with Crippen LogP contribution in [0.4, 0.5) is 5.69 Å². The molecule has 1 saturated heterocycles. The smallest absolute Gasteiger partial charge is 0.227 e. The zero-order chi connectivity index (χ0) is 17.8. The lowest BCUT2D eigenvalue weighted by atomic mass is 9.94. The molecule has 3 rings (SSSR count). The number of para-hydroxylation sites is 1. The molecule has 2 N–H and O–H groups in total. The van der Waals surface area contributed by atoms with Crippen molar-refractivity contribution >= 4 is 36.4 Å². The minimum Gasteiger partial charge on any atom is -0.368 e. The van der Waals surface area contributed by atoms with Crippen LogP contribution in [0.1, 0.15) is 24.1 Å². The predicted molar refractivity (Wildman–Crippen MR) is 117 cm³/mol. The molecule has 6 heteroatoms. The van der Waals surface area contributed by atoms with Crippen LogP contribution in [0, 0.1) is 12.8 Å². The zero-order valence-electron chi connectivity index (χ0n) is 15.9. The second-order valence-corrected chi connectivity index (χ2v) is 6.82. The van der Waals surface area contributed by atoms with Crippen molar-refractivity contribution in [3.05, 3.63) is 65.7 Å². The normalized spacial score (nSPS) is 16.0. The maximum Gasteiger partial charge on any atom is 0.227 e. The molecule has 1 heterocycles. The molecule has 2 aromatic rings. The number of benzene rings is 2. The monoisotopic (exact) mass is 409 g/mol. The summed E-state index contributed by atoms with van der Waals surface area (Å²) in [5.41, 5.74) is 9.89. The van der Waals surface area contributed by atoms with E-state index in [1.165, 1.54) is 11.3 Å². The number of rotatable bonds is 4. The maximum atomic E-state index is 12.9. The van der Waals surface area contributed by atoms with Gasteiger partial charge in [-0.2, -0.15) is 0 Å². The third-order valence-corrected chi connectivity index (χ3v) is 5.16. The van der Waals surface area contributed by atoms with Gasteiger partial charge < -0.3 is 15.5 Å². The number of hydrogen-bond acceptors (Lipinski definition) is 3. The van der Waals surface area contributed by atoms with Crippen molar-refractivity contribution in [1.82, 2.24) is 4.90 Å². The Hall–Kier alpha value is -1.75. The van der Waals surface area contributed by atoms with Crippen LogP contribution in [0.5, 0.6) is 0 Å². The molecule has 0 bridgehead atoms. The summed E-state index contributed by atoms with van der Waals surface area (Å²) >= 11 is 0. The Kier molecular flexibility index (Phi) is 9.10. The first-order chi connectivity index (χ1) is 12.1. The van der Waals surface area contributed by atoms with E-state index in [1.54, 1.807) is 0 Å². The number of amides is 1. The number of anilines is 1. The van der Waals surface area contributed by atoms with Gasteiger partial charge in [0.15, 0.2) is 0 Å². The number of nitrogens with zero attached hydrogens (tertiary/aromatic N) is 2. The van der Waals surface area contributed by atoms with E-state index >= 15 is 0 Å². The van der Waals surface area contributed by atoms with Gasteiger partial charge in [-0.3, -0.25) is 4.79 Å². The summed E-state index contributed by atoms with van der Waals surface area (Å²) < 4.78 is 0. The fourth-order valence-corrected chi connectivity index (χ4v) is 3.49. The second kappa shape index (κ2) is 10.5. The molecule has 2 aromatic carbocycles. The summed E-state index contributed by atoms with van der Waals surface area (Å²) in [6.07, 6.45) is 0. The van der Waals surface area contributed by atoms with Gasteiger partial charge in [0.05, 0.1) is 5.92 Å². The molecule has 2 unspecified atom stereocenters. The third-order valence-electron chi connectivity index (χ3n) is 5.16. The molecule has 2 atom stereocenters. The van der Waals surface area contributed by atoms with Crippen molar-refractivity contribution in [2.24, 2.45) is 11.7 Å². The second-order valence-electron chi connectivity index (χ2n) is 6.82. The highest BCUT2D eigenvalue weighted by Crippen LogP contribution is 2.24. The standard InChI is InChI=1S/C21H27N3O.2ClH/c1-16-8-6-7-11-19(16)23-12-14-24(15-13-23)21(25)17(2)20(22)18-9-4-3-5-10-18;;/h3-11,17,20H,12-15,22H2,1-2H3;2*1H. The molecule has 1 fully saturated rings. The van der Waals surface area contributed by atoms with E-state index in [0.717, 1.165) is 31.7 Å². The van der Waals surface area contributed by atoms with Gasteiger partial charge in [0.2, 0.25) is 5.91 Å². The Balaban J connectivity index is 0.00000182. The molecule has 1 aliphatic heterocycles.